The molecule has 0 saturated heterocycles. The van der Waals surface area contributed by atoms with Crippen LogP contribution >= 0.6 is 0 Å². The summed E-state index contributed by atoms with van der Waals surface area (Å²) in [7, 11) is 0. The normalized spacial score (nSPS) is 10.8. The van der Waals surface area contributed by atoms with Gasteiger partial charge in [-0.05, 0) is 6.92 Å². The summed E-state index contributed by atoms with van der Waals surface area (Å²) in [4.78, 5) is 12.9. The SMILES string of the molecule is CCNc1cn2ccnc2c(NCCn2ccnc2)n1. The Bertz CT molecular complexity index is 671. The third-order valence-electron chi connectivity index (χ3n) is 2.95. The molecule has 3 aromatic heterocycles. The van der Waals surface area contributed by atoms with Crippen LogP contribution in [0.15, 0.2) is 37.3 Å². The molecule has 3 rings (SSSR count). The van der Waals surface area contributed by atoms with Gasteiger partial charge in [-0.2, -0.15) is 0 Å². The van der Waals surface area contributed by atoms with Crippen molar-refractivity contribution < 1.29 is 0 Å². The third kappa shape index (κ3) is 2.56. The van der Waals surface area contributed by atoms with Gasteiger partial charge in [0.05, 0.1) is 12.5 Å². The van der Waals surface area contributed by atoms with Crippen LogP contribution in [0.4, 0.5) is 11.6 Å². The number of nitrogens with zero attached hydrogens (tertiary/aromatic N) is 5. The van der Waals surface area contributed by atoms with E-state index in [2.05, 4.69) is 25.6 Å². The predicted octanol–water partition coefficient (Wildman–Crippen LogP) is 1.47. The van der Waals surface area contributed by atoms with E-state index in [4.69, 9.17) is 0 Å². The van der Waals surface area contributed by atoms with Gasteiger partial charge < -0.3 is 19.6 Å². The van der Waals surface area contributed by atoms with E-state index in [0.29, 0.717) is 0 Å². The van der Waals surface area contributed by atoms with Crippen LogP contribution in [0.2, 0.25) is 0 Å². The van der Waals surface area contributed by atoms with E-state index in [1.165, 1.54) is 0 Å². The average molecular weight is 271 g/mol. The van der Waals surface area contributed by atoms with E-state index in [-0.39, 0.29) is 0 Å². The predicted molar refractivity (Wildman–Crippen MR) is 77.9 cm³/mol. The number of nitrogens with one attached hydrogen (secondary N) is 2. The monoisotopic (exact) mass is 271 g/mol. The second-order valence-electron chi connectivity index (χ2n) is 4.39. The van der Waals surface area contributed by atoms with Crippen LogP contribution in [0.25, 0.3) is 5.65 Å². The first kappa shape index (κ1) is 12.5. The number of aromatic nitrogens is 5. The second-order valence-corrected chi connectivity index (χ2v) is 4.39. The minimum absolute atomic E-state index is 0.765. The molecule has 0 aromatic carbocycles. The Morgan fingerprint density at radius 2 is 2.15 bits per heavy atom. The van der Waals surface area contributed by atoms with Gasteiger partial charge >= 0.3 is 0 Å². The number of rotatable bonds is 6. The standard InChI is InChI=1S/C13H17N7/c1-2-15-11-9-20-8-5-17-13(20)12(18-11)16-4-7-19-6-3-14-10-19/h3,5-6,8-10,15H,2,4,7H2,1H3,(H,16,18). The van der Waals surface area contributed by atoms with Gasteiger partial charge in [-0.15, -0.1) is 0 Å². The summed E-state index contributed by atoms with van der Waals surface area (Å²) >= 11 is 0. The Morgan fingerprint density at radius 1 is 1.20 bits per heavy atom. The van der Waals surface area contributed by atoms with Crippen molar-refractivity contribution in [3.8, 4) is 0 Å². The van der Waals surface area contributed by atoms with E-state index < -0.39 is 0 Å². The smallest absolute Gasteiger partial charge is 0.180 e. The minimum atomic E-state index is 0.765. The summed E-state index contributed by atoms with van der Waals surface area (Å²) in [6, 6.07) is 0. The molecule has 3 aromatic rings. The van der Waals surface area contributed by atoms with Crippen LogP contribution in [-0.4, -0.2) is 37.0 Å². The first-order valence-corrected chi connectivity index (χ1v) is 6.64. The van der Waals surface area contributed by atoms with Gasteiger partial charge in [-0.1, -0.05) is 0 Å². The maximum atomic E-state index is 4.55. The van der Waals surface area contributed by atoms with E-state index >= 15 is 0 Å². The Balaban J connectivity index is 1.76. The second kappa shape index (κ2) is 5.60. The summed E-state index contributed by atoms with van der Waals surface area (Å²) < 4.78 is 3.98. The maximum absolute atomic E-state index is 4.55. The zero-order chi connectivity index (χ0) is 13.8. The van der Waals surface area contributed by atoms with Gasteiger partial charge in [0, 0.05) is 44.4 Å². The molecule has 0 radical (unpaired) electrons. The Labute approximate surface area is 116 Å². The highest BCUT2D eigenvalue weighted by atomic mass is 15.2. The fraction of sp³-hybridized carbons (Fsp3) is 0.308. The van der Waals surface area contributed by atoms with Crippen LogP contribution in [0.1, 0.15) is 6.92 Å². The van der Waals surface area contributed by atoms with Crippen LogP contribution in [0.5, 0.6) is 0 Å². The summed E-state index contributed by atoms with van der Waals surface area (Å²) in [5.41, 5.74) is 0.831. The van der Waals surface area contributed by atoms with Crippen molar-refractivity contribution in [2.24, 2.45) is 0 Å². The van der Waals surface area contributed by atoms with Gasteiger partial charge in [0.25, 0.3) is 0 Å². The van der Waals surface area contributed by atoms with E-state index in [0.717, 1.165) is 36.9 Å². The fourth-order valence-corrected chi connectivity index (χ4v) is 2.04. The molecular formula is C13H17N7. The van der Waals surface area contributed by atoms with Crippen molar-refractivity contribution in [3.63, 3.8) is 0 Å². The number of fused-ring (bicyclic) bond motifs is 1. The molecule has 0 bridgehead atoms. The molecule has 2 N–H and O–H groups in total. The highest BCUT2D eigenvalue weighted by Gasteiger charge is 2.06. The molecule has 0 fully saturated rings. The number of anilines is 2. The van der Waals surface area contributed by atoms with Gasteiger partial charge in [0.1, 0.15) is 5.82 Å². The lowest BCUT2D eigenvalue weighted by Crippen LogP contribution is -2.12. The molecule has 0 aliphatic heterocycles. The van der Waals surface area contributed by atoms with Gasteiger partial charge in [-0.3, -0.25) is 0 Å². The lowest BCUT2D eigenvalue weighted by molar-refractivity contribution is 0.725. The molecule has 20 heavy (non-hydrogen) atoms. The molecule has 7 nitrogen and oxygen atoms in total. The van der Waals surface area contributed by atoms with Gasteiger partial charge in [0.15, 0.2) is 11.5 Å². The number of imidazole rings is 2. The van der Waals surface area contributed by atoms with Gasteiger partial charge in [-0.25, -0.2) is 15.0 Å². The van der Waals surface area contributed by atoms with Crippen LogP contribution < -0.4 is 10.6 Å². The third-order valence-corrected chi connectivity index (χ3v) is 2.95. The summed E-state index contributed by atoms with van der Waals surface area (Å²) in [5.74, 6) is 1.62. The molecule has 104 valence electrons. The topological polar surface area (TPSA) is 72.1 Å². The summed E-state index contributed by atoms with van der Waals surface area (Å²) in [6.45, 7) is 4.48. The zero-order valence-electron chi connectivity index (χ0n) is 11.3. The van der Waals surface area contributed by atoms with Crippen LogP contribution in [-0.2, 0) is 6.54 Å². The van der Waals surface area contributed by atoms with E-state index in [1.807, 2.05) is 34.5 Å². The molecule has 0 unspecified atom stereocenters. The molecule has 7 heteroatoms. The van der Waals surface area contributed by atoms with Crippen LogP contribution in [0.3, 0.4) is 0 Å². The number of hydrogen-bond donors (Lipinski definition) is 2. The fourth-order valence-electron chi connectivity index (χ4n) is 2.04. The molecule has 0 amide bonds. The molecule has 0 saturated carbocycles. The van der Waals surface area contributed by atoms with Crippen molar-refractivity contribution >= 4 is 17.3 Å². The maximum Gasteiger partial charge on any atom is 0.180 e. The van der Waals surface area contributed by atoms with Crippen molar-refractivity contribution in [1.82, 2.24) is 23.9 Å². The molecule has 0 spiro atoms. The molecule has 0 atom stereocenters. The quantitative estimate of drug-likeness (QED) is 0.710. The van der Waals surface area contributed by atoms with E-state index in [1.54, 1.807) is 18.7 Å². The van der Waals surface area contributed by atoms with Crippen molar-refractivity contribution in [2.45, 2.75) is 13.5 Å². The van der Waals surface area contributed by atoms with Crippen molar-refractivity contribution in [1.29, 1.82) is 0 Å². The lowest BCUT2D eigenvalue weighted by atomic mass is 10.5. The average Bonchev–Trinajstić information content (AvgIpc) is 3.09. The molecule has 0 aliphatic carbocycles. The summed E-state index contributed by atoms with van der Waals surface area (Å²) in [5, 5.41) is 6.55. The highest BCUT2D eigenvalue weighted by Crippen LogP contribution is 2.16. The highest BCUT2D eigenvalue weighted by molar-refractivity contribution is 5.65. The first-order chi connectivity index (χ1) is 9.86. The molecule has 0 aliphatic rings. The number of hydrogen-bond acceptors (Lipinski definition) is 5. The molecular weight excluding hydrogens is 254 g/mol. The first-order valence-electron chi connectivity index (χ1n) is 6.64. The van der Waals surface area contributed by atoms with Crippen LogP contribution in [0, 0.1) is 0 Å². The summed E-state index contributed by atoms with van der Waals surface area (Å²) in [6.07, 6.45) is 11.1. The van der Waals surface area contributed by atoms with Gasteiger partial charge in [0.2, 0.25) is 0 Å². The largest absolute Gasteiger partial charge is 0.369 e. The Kier molecular flexibility index (Phi) is 3.49. The van der Waals surface area contributed by atoms with E-state index in [9.17, 15) is 0 Å². The minimum Gasteiger partial charge on any atom is -0.369 e. The van der Waals surface area contributed by atoms with Crippen molar-refractivity contribution in [3.05, 3.63) is 37.3 Å². The molecule has 3 heterocycles. The zero-order valence-corrected chi connectivity index (χ0v) is 11.3. The lowest BCUT2D eigenvalue weighted by Gasteiger charge is -2.10. The Hall–Kier alpha value is -2.57. The van der Waals surface area contributed by atoms with Crippen molar-refractivity contribution in [2.75, 3.05) is 23.7 Å². The Morgan fingerprint density at radius 3 is 2.95 bits per heavy atom.